The number of ether oxygens (including phenoxy) is 1. The van der Waals surface area contributed by atoms with Gasteiger partial charge in [-0.2, -0.15) is 0 Å². The minimum atomic E-state index is -0.314. The maximum absolute atomic E-state index is 13.6. The Morgan fingerprint density at radius 3 is 2.56 bits per heavy atom. The third-order valence-electron chi connectivity index (χ3n) is 3.05. The molecule has 0 saturated carbocycles. The van der Waals surface area contributed by atoms with Crippen LogP contribution in [-0.2, 0) is 4.74 Å². The topological polar surface area (TPSA) is 38.5 Å². The van der Waals surface area contributed by atoms with Crippen LogP contribution in [0.1, 0.15) is 25.5 Å². The van der Waals surface area contributed by atoms with Crippen LogP contribution in [0.15, 0.2) is 24.3 Å². The molecular formula is C14H23FN2O. The summed E-state index contributed by atoms with van der Waals surface area (Å²) in [6.45, 7) is 6.29. The van der Waals surface area contributed by atoms with E-state index in [0.29, 0.717) is 24.8 Å². The van der Waals surface area contributed by atoms with Crippen molar-refractivity contribution in [1.82, 2.24) is 4.90 Å². The zero-order chi connectivity index (χ0) is 13.5. The second-order valence-electron chi connectivity index (χ2n) is 4.71. The van der Waals surface area contributed by atoms with E-state index in [1.165, 1.54) is 6.07 Å². The van der Waals surface area contributed by atoms with Crippen LogP contribution in [0.5, 0.6) is 0 Å². The number of halogens is 1. The third kappa shape index (κ3) is 4.37. The van der Waals surface area contributed by atoms with Gasteiger partial charge in [-0.1, -0.05) is 18.2 Å². The van der Waals surface area contributed by atoms with Crippen molar-refractivity contribution < 1.29 is 9.13 Å². The summed E-state index contributed by atoms with van der Waals surface area (Å²) in [4.78, 5) is 2.20. The van der Waals surface area contributed by atoms with Crippen LogP contribution in [-0.4, -0.2) is 37.7 Å². The van der Waals surface area contributed by atoms with Gasteiger partial charge < -0.3 is 10.5 Å². The summed E-state index contributed by atoms with van der Waals surface area (Å²) in [5.74, 6) is -0.236. The predicted molar refractivity (Wildman–Crippen MR) is 71.9 cm³/mol. The van der Waals surface area contributed by atoms with Crippen LogP contribution in [0.3, 0.4) is 0 Å². The van der Waals surface area contributed by atoms with Crippen molar-refractivity contribution in [2.75, 3.05) is 26.8 Å². The van der Waals surface area contributed by atoms with Crippen molar-refractivity contribution in [2.45, 2.75) is 25.9 Å². The molecule has 0 bridgehead atoms. The van der Waals surface area contributed by atoms with Crippen molar-refractivity contribution in [2.24, 2.45) is 5.73 Å². The average Bonchev–Trinajstić information content (AvgIpc) is 2.34. The lowest BCUT2D eigenvalue weighted by Gasteiger charge is -2.29. The van der Waals surface area contributed by atoms with Crippen molar-refractivity contribution in [3.63, 3.8) is 0 Å². The molecule has 18 heavy (non-hydrogen) atoms. The fourth-order valence-electron chi connectivity index (χ4n) is 1.90. The lowest BCUT2D eigenvalue weighted by atomic mass is 10.1. The molecule has 102 valence electrons. The van der Waals surface area contributed by atoms with Gasteiger partial charge in [0.15, 0.2) is 0 Å². The van der Waals surface area contributed by atoms with Gasteiger partial charge in [-0.05, 0) is 19.9 Å². The SMILES string of the molecule is COCCN(CC(N)c1ccccc1F)C(C)C. The highest BCUT2D eigenvalue weighted by atomic mass is 19.1. The van der Waals surface area contributed by atoms with Gasteiger partial charge in [-0.3, -0.25) is 4.90 Å². The molecule has 3 nitrogen and oxygen atoms in total. The van der Waals surface area contributed by atoms with E-state index in [1.807, 2.05) is 6.07 Å². The zero-order valence-electron chi connectivity index (χ0n) is 11.4. The molecule has 1 aromatic carbocycles. The van der Waals surface area contributed by atoms with Crippen LogP contribution >= 0.6 is 0 Å². The molecule has 1 aromatic rings. The highest BCUT2D eigenvalue weighted by Gasteiger charge is 2.17. The number of benzene rings is 1. The van der Waals surface area contributed by atoms with E-state index in [1.54, 1.807) is 19.2 Å². The highest BCUT2D eigenvalue weighted by molar-refractivity contribution is 5.21. The Balaban J connectivity index is 2.66. The average molecular weight is 254 g/mol. The Morgan fingerprint density at radius 2 is 2.00 bits per heavy atom. The molecule has 0 heterocycles. The molecular weight excluding hydrogens is 231 g/mol. The monoisotopic (exact) mass is 254 g/mol. The van der Waals surface area contributed by atoms with Gasteiger partial charge in [0.1, 0.15) is 5.82 Å². The first-order valence-corrected chi connectivity index (χ1v) is 6.29. The molecule has 2 N–H and O–H groups in total. The quantitative estimate of drug-likeness (QED) is 0.810. The standard InChI is InChI=1S/C14H23FN2O/c1-11(2)17(8-9-18-3)10-14(16)12-6-4-5-7-13(12)15/h4-7,11,14H,8-10,16H2,1-3H3. The molecule has 4 heteroatoms. The van der Waals surface area contributed by atoms with Crippen molar-refractivity contribution in [3.05, 3.63) is 35.6 Å². The van der Waals surface area contributed by atoms with Crippen LogP contribution < -0.4 is 5.73 Å². The second-order valence-corrected chi connectivity index (χ2v) is 4.71. The van der Waals surface area contributed by atoms with E-state index in [-0.39, 0.29) is 11.9 Å². The Labute approximate surface area is 109 Å². The zero-order valence-corrected chi connectivity index (χ0v) is 11.4. The Kier molecular flexibility index (Phi) is 6.25. The molecule has 0 amide bonds. The molecule has 0 aliphatic rings. The Hall–Kier alpha value is -0.970. The Bertz CT molecular complexity index is 357. The molecule has 0 aromatic heterocycles. The van der Waals surface area contributed by atoms with E-state index in [9.17, 15) is 4.39 Å². The number of nitrogens with two attached hydrogens (primary N) is 1. The maximum atomic E-state index is 13.6. The number of hydrogen-bond donors (Lipinski definition) is 1. The summed E-state index contributed by atoms with van der Waals surface area (Å²) in [6.07, 6.45) is 0. The van der Waals surface area contributed by atoms with E-state index in [4.69, 9.17) is 10.5 Å². The molecule has 0 aliphatic carbocycles. The maximum Gasteiger partial charge on any atom is 0.128 e. The number of hydrogen-bond acceptors (Lipinski definition) is 3. The molecule has 1 unspecified atom stereocenters. The minimum absolute atomic E-state index is 0.236. The smallest absolute Gasteiger partial charge is 0.128 e. The lowest BCUT2D eigenvalue weighted by Crippen LogP contribution is -2.39. The van der Waals surface area contributed by atoms with E-state index in [2.05, 4.69) is 18.7 Å². The Morgan fingerprint density at radius 1 is 1.33 bits per heavy atom. The number of rotatable bonds is 7. The molecule has 0 saturated heterocycles. The number of nitrogens with zero attached hydrogens (tertiary/aromatic N) is 1. The predicted octanol–water partition coefficient (Wildman–Crippen LogP) is 2.18. The fraction of sp³-hybridized carbons (Fsp3) is 0.571. The minimum Gasteiger partial charge on any atom is -0.383 e. The highest BCUT2D eigenvalue weighted by Crippen LogP contribution is 2.16. The van der Waals surface area contributed by atoms with Gasteiger partial charge in [-0.25, -0.2) is 4.39 Å². The summed E-state index contributed by atoms with van der Waals surface area (Å²) in [5.41, 5.74) is 6.65. The van der Waals surface area contributed by atoms with Gasteiger partial charge in [-0.15, -0.1) is 0 Å². The van der Waals surface area contributed by atoms with E-state index < -0.39 is 0 Å². The molecule has 0 radical (unpaired) electrons. The molecule has 1 atom stereocenters. The van der Waals surface area contributed by atoms with E-state index >= 15 is 0 Å². The fourth-order valence-corrected chi connectivity index (χ4v) is 1.90. The van der Waals surface area contributed by atoms with Gasteiger partial charge in [0.25, 0.3) is 0 Å². The molecule has 0 fully saturated rings. The lowest BCUT2D eigenvalue weighted by molar-refractivity contribution is 0.124. The summed E-state index contributed by atoms with van der Waals surface area (Å²) in [6, 6.07) is 6.73. The summed E-state index contributed by atoms with van der Waals surface area (Å²) in [7, 11) is 1.68. The first-order valence-electron chi connectivity index (χ1n) is 6.29. The van der Waals surface area contributed by atoms with Crippen molar-refractivity contribution in [1.29, 1.82) is 0 Å². The normalized spacial score (nSPS) is 13.3. The number of methoxy groups -OCH3 is 1. The summed E-state index contributed by atoms with van der Waals surface area (Å²) >= 11 is 0. The van der Waals surface area contributed by atoms with Gasteiger partial charge in [0.05, 0.1) is 6.61 Å². The molecule has 0 aliphatic heterocycles. The van der Waals surface area contributed by atoms with Crippen LogP contribution in [0.2, 0.25) is 0 Å². The molecule has 1 rings (SSSR count). The first-order chi connectivity index (χ1) is 8.56. The second kappa shape index (κ2) is 7.46. The third-order valence-corrected chi connectivity index (χ3v) is 3.05. The largest absolute Gasteiger partial charge is 0.383 e. The van der Waals surface area contributed by atoms with Crippen LogP contribution in [0, 0.1) is 5.82 Å². The van der Waals surface area contributed by atoms with E-state index in [0.717, 1.165) is 6.54 Å². The van der Waals surface area contributed by atoms with Crippen molar-refractivity contribution >= 4 is 0 Å². The first kappa shape index (κ1) is 15.1. The van der Waals surface area contributed by atoms with Crippen LogP contribution in [0.25, 0.3) is 0 Å². The van der Waals surface area contributed by atoms with Gasteiger partial charge in [0.2, 0.25) is 0 Å². The van der Waals surface area contributed by atoms with Gasteiger partial charge in [0, 0.05) is 37.8 Å². The summed E-state index contributed by atoms with van der Waals surface area (Å²) in [5, 5.41) is 0. The molecule has 0 spiro atoms. The van der Waals surface area contributed by atoms with Crippen LogP contribution in [0.4, 0.5) is 4.39 Å². The van der Waals surface area contributed by atoms with Crippen molar-refractivity contribution in [3.8, 4) is 0 Å². The van der Waals surface area contributed by atoms with Gasteiger partial charge >= 0.3 is 0 Å². The summed E-state index contributed by atoms with van der Waals surface area (Å²) < 4.78 is 18.7.